The number of urea groups is 1. The van der Waals surface area contributed by atoms with E-state index in [0.29, 0.717) is 17.8 Å². The largest absolute Gasteiger partial charge is 0.481 e. The summed E-state index contributed by atoms with van der Waals surface area (Å²) in [6.07, 6.45) is 0. The van der Waals surface area contributed by atoms with Gasteiger partial charge in [0.05, 0.1) is 5.92 Å². The lowest BCUT2D eigenvalue weighted by Crippen LogP contribution is -2.34. The van der Waals surface area contributed by atoms with E-state index in [0.717, 1.165) is 0 Å². The van der Waals surface area contributed by atoms with Gasteiger partial charge in [0.1, 0.15) is 0 Å². The summed E-state index contributed by atoms with van der Waals surface area (Å²) in [7, 11) is 0. The average molecular weight is 333 g/mol. The Bertz CT molecular complexity index is 627. The van der Waals surface area contributed by atoms with E-state index in [1.165, 1.54) is 0 Å². The maximum absolute atomic E-state index is 12.5. The fourth-order valence-corrected chi connectivity index (χ4v) is 2.76. The van der Waals surface area contributed by atoms with Crippen LogP contribution in [-0.2, 0) is 4.79 Å². The van der Waals surface area contributed by atoms with Gasteiger partial charge in [-0.2, -0.15) is 0 Å². The Hall–Kier alpha value is -2.57. The number of rotatable bonds is 4. The van der Waals surface area contributed by atoms with Gasteiger partial charge in [-0.1, -0.05) is 6.92 Å². The first kappa shape index (κ1) is 17.8. The molecule has 2 rings (SSSR count). The second-order valence-electron chi connectivity index (χ2n) is 6.46. The molecule has 0 spiro atoms. The molecule has 1 fully saturated rings. The van der Waals surface area contributed by atoms with Gasteiger partial charge in [-0.05, 0) is 44.0 Å². The molecule has 0 saturated carbocycles. The first-order chi connectivity index (χ1) is 11.3. The Kier molecular flexibility index (Phi) is 5.43. The van der Waals surface area contributed by atoms with E-state index in [1.54, 1.807) is 29.2 Å². The summed E-state index contributed by atoms with van der Waals surface area (Å²) in [5.74, 6) is -1.64. The first-order valence-electron chi connectivity index (χ1n) is 7.97. The number of nitrogens with one attached hydrogen (secondary N) is 2. The predicted octanol–water partition coefficient (Wildman–Crippen LogP) is 2.01. The maximum Gasteiger partial charge on any atom is 0.319 e. The van der Waals surface area contributed by atoms with E-state index >= 15 is 0 Å². The monoisotopic (exact) mass is 333 g/mol. The molecule has 0 radical (unpaired) electrons. The molecular weight excluding hydrogens is 310 g/mol. The van der Waals surface area contributed by atoms with Gasteiger partial charge in [0, 0.05) is 30.4 Å². The quantitative estimate of drug-likeness (QED) is 0.785. The Morgan fingerprint density at radius 3 is 2.29 bits per heavy atom. The summed E-state index contributed by atoms with van der Waals surface area (Å²) in [5, 5.41) is 14.6. The zero-order valence-electron chi connectivity index (χ0n) is 14.1. The lowest BCUT2D eigenvalue weighted by atomic mass is 9.99. The number of hydrogen-bond donors (Lipinski definition) is 3. The molecule has 7 nitrogen and oxygen atoms in total. The molecule has 1 heterocycles. The molecular formula is C17H23N3O4. The molecule has 130 valence electrons. The van der Waals surface area contributed by atoms with Crippen molar-refractivity contribution in [3.63, 3.8) is 0 Å². The number of nitrogens with zero attached hydrogens (tertiary/aromatic N) is 1. The van der Waals surface area contributed by atoms with E-state index in [4.69, 9.17) is 5.11 Å². The molecule has 0 bridgehead atoms. The number of likely N-dealkylation sites (tertiary alicyclic amines) is 1. The van der Waals surface area contributed by atoms with E-state index in [2.05, 4.69) is 10.6 Å². The Labute approximate surface area is 141 Å². The minimum atomic E-state index is -0.867. The zero-order chi connectivity index (χ0) is 17.9. The van der Waals surface area contributed by atoms with Gasteiger partial charge in [0.2, 0.25) is 0 Å². The highest BCUT2D eigenvalue weighted by Gasteiger charge is 2.37. The van der Waals surface area contributed by atoms with Gasteiger partial charge in [0.15, 0.2) is 0 Å². The third-order valence-corrected chi connectivity index (χ3v) is 4.03. The van der Waals surface area contributed by atoms with E-state index < -0.39 is 11.9 Å². The standard InChI is InChI=1S/C17H23N3O4/c1-10(2)18-17(24)19-13-6-4-12(5-7-13)15(21)20-8-11(3)14(9-20)16(22)23/h4-7,10-11,14H,8-9H2,1-3H3,(H,22,23)(H2,18,19,24)/t11-,14-/m1/s1. The third kappa shape index (κ3) is 4.24. The number of carboxylic acids is 1. The summed E-state index contributed by atoms with van der Waals surface area (Å²) in [5.41, 5.74) is 1.06. The molecule has 3 N–H and O–H groups in total. The summed E-state index contributed by atoms with van der Waals surface area (Å²) < 4.78 is 0. The van der Waals surface area contributed by atoms with Crippen molar-refractivity contribution < 1.29 is 19.5 Å². The molecule has 1 saturated heterocycles. The smallest absolute Gasteiger partial charge is 0.319 e. The van der Waals surface area contributed by atoms with Crippen molar-refractivity contribution in [2.24, 2.45) is 11.8 Å². The Morgan fingerprint density at radius 1 is 1.17 bits per heavy atom. The van der Waals surface area contributed by atoms with Crippen molar-refractivity contribution >= 4 is 23.6 Å². The van der Waals surface area contributed by atoms with Crippen molar-refractivity contribution in [1.29, 1.82) is 0 Å². The molecule has 2 atom stereocenters. The van der Waals surface area contributed by atoms with Crippen LogP contribution in [0, 0.1) is 11.8 Å². The van der Waals surface area contributed by atoms with Crippen LogP contribution in [-0.4, -0.2) is 47.0 Å². The average Bonchev–Trinajstić information content (AvgIpc) is 2.88. The van der Waals surface area contributed by atoms with Crippen LogP contribution in [0.2, 0.25) is 0 Å². The van der Waals surface area contributed by atoms with Crippen LogP contribution < -0.4 is 10.6 Å². The van der Waals surface area contributed by atoms with Crippen LogP contribution in [0.3, 0.4) is 0 Å². The van der Waals surface area contributed by atoms with Gasteiger partial charge < -0.3 is 20.6 Å². The summed E-state index contributed by atoms with van der Waals surface area (Å²) in [4.78, 5) is 36.8. The van der Waals surface area contributed by atoms with Crippen LogP contribution in [0.15, 0.2) is 24.3 Å². The topological polar surface area (TPSA) is 98.7 Å². The second kappa shape index (κ2) is 7.33. The first-order valence-corrected chi connectivity index (χ1v) is 7.97. The minimum absolute atomic E-state index is 0.0326. The molecule has 1 aromatic rings. The van der Waals surface area contributed by atoms with E-state index in [9.17, 15) is 14.4 Å². The summed E-state index contributed by atoms with van der Waals surface area (Å²) in [6, 6.07) is 6.30. The lowest BCUT2D eigenvalue weighted by Gasteiger charge is -2.16. The van der Waals surface area contributed by atoms with Gasteiger partial charge >= 0.3 is 12.0 Å². The van der Waals surface area contributed by atoms with Crippen molar-refractivity contribution in [2.75, 3.05) is 18.4 Å². The van der Waals surface area contributed by atoms with Crippen molar-refractivity contribution in [2.45, 2.75) is 26.8 Å². The van der Waals surface area contributed by atoms with Crippen molar-refractivity contribution in [1.82, 2.24) is 10.2 Å². The third-order valence-electron chi connectivity index (χ3n) is 4.03. The fourth-order valence-electron chi connectivity index (χ4n) is 2.76. The highest BCUT2D eigenvalue weighted by Crippen LogP contribution is 2.25. The summed E-state index contributed by atoms with van der Waals surface area (Å²) in [6.45, 7) is 6.23. The molecule has 0 unspecified atom stereocenters. The normalized spacial score (nSPS) is 20.1. The van der Waals surface area contributed by atoms with Gasteiger partial charge in [0.25, 0.3) is 5.91 Å². The molecule has 3 amide bonds. The molecule has 0 aliphatic carbocycles. The number of carbonyl (C=O) groups is 3. The zero-order valence-corrected chi connectivity index (χ0v) is 14.1. The number of hydrogen-bond acceptors (Lipinski definition) is 3. The number of anilines is 1. The van der Waals surface area contributed by atoms with Gasteiger partial charge in [-0.3, -0.25) is 9.59 Å². The lowest BCUT2D eigenvalue weighted by molar-refractivity contribution is -0.142. The Balaban J connectivity index is 1.99. The molecule has 24 heavy (non-hydrogen) atoms. The predicted molar refractivity (Wildman–Crippen MR) is 89.9 cm³/mol. The Morgan fingerprint density at radius 2 is 1.79 bits per heavy atom. The van der Waals surface area contributed by atoms with Crippen LogP contribution in [0.4, 0.5) is 10.5 Å². The maximum atomic E-state index is 12.5. The van der Waals surface area contributed by atoms with Crippen LogP contribution in [0.1, 0.15) is 31.1 Å². The SMILES string of the molecule is CC(C)NC(=O)Nc1ccc(C(=O)N2C[C@@H](C)[C@H](C(=O)O)C2)cc1. The molecule has 1 aromatic carbocycles. The molecule has 7 heteroatoms. The summed E-state index contributed by atoms with van der Waals surface area (Å²) >= 11 is 0. The highest BCUT2D eigenvalue weighted by molar-refractivity contribution is 5.96. The number of benzene rings is 1. The number of aliphatic carboxylic acids is 1. The number of amides is 3. The van der Waals surface area contributed by atoms with E-state index in [1.807, 2.05) is 20.8 Å². The van der Waals surface area contributed by atoms with Crippen LogP contribution >= 0.6 is 0 Å². The number of carboxylic acid groups (broad SMARTS) is 1. The molecule has 1 aliphatic heterocycles. The van der Waals surface area contributed by atoms with E-state index in [-0.39, 0.29) is 30.4 Å². The molecule has 0 aromatic heterocycles. The van der Waals surface area contributed by atoms with Gasteiger partial charge in [-0.25, -0.2) is 4.79 Å². The second-order valence-corrected chi connectivity index (χ2v) is 6.46. The van der Waals surface area contributed by atoms with Gasteiger partial charge in [-0.15, -0.1) is 0 Å². The molecule has 1 aliphatic rings. The minimum Gasteiger partial charge on any atom is -0.481 e. The fraction of sp³-hybridized carbons (Fsp3) is 0.471. The van der Waals surface area contributed by atoms with Crippen molar-refractivity contribution in [3.05, 3.63) is 29.8 Å². The van der Waals surface area contributed by atoms with Crippen molar-refractivity contribution in [3.8, 4) is 0 Å². The van der Waals surface area contributed by atoms with Crippen LogP contribution in [0.5, 0.6) is 0 Å². The highest BCUT2D eigenvalue weighted by atomic mass is 16.4. The number of carbonyl (C=O) groups excluding carboxylic acids is 2. The van der Waals surface area contributed by atoms with Crippen LogP contribution in [0.25, 0.3) is 0 Å².